The minimum atomic E-state index is -0.00961. The van der Waals surface area contributed by atoms with Crippen LogP contribution in [0.2, 0.25) is 0 Å². The van der Waals surface area contributed by atoms with Crippen molar-refractivity contribution in [3.63, 3.8) is 0 Å². The van der Waals surface area contributed by atoms with Crippen LogP contribution in [0.5, 0.6) is 0 Å². The molecular formula is C40H44N2O2S2. The molecule has 0 spiro atoms. The van der Waals surface area contributed by atoms with Gasteiger partial charge in [-0.3, -0.25) is 9.59 Å². The molecule has 0 unspecified atom stereocenters. The van der Waals surface area contributed by atoms with Crippen molar-refractivity contribution in [1.82, 2.24) is 9.80 Å². The smallest absolute Gasteiger partial charge is 0.246 e. The number of aryl methyl sites for hydroxylation is 4. The summed E-state index contributed by atoms with van der Waals surface area (Å²) in [7, 11) is 0. The minimum Gasteiger partial charge on any atom is -0.333 e. The van der Waals surface area contributed by atoms with Crippen molar-refractivity contribution in [3.8, 4) is 0 Å². The van der Waals surface area contributed by atoms with Crippen LogP contribution in [0.4, 0.5) is 0 Å². The second-order valence-electron chi connectivity index (χ2n) is 12.7. The van der Waals surface area contributed by atoms with Gasteiger partial charge in [-0.25, -0.2) is 0 Å². The zero-order valence-corrected chi connectivity index (χ0v) is 28.9. The molecule has 2 aromatic carbocycles. The summed E-state index contributed by atoms with van der Waals surface area (Å²) in [6.07, 6.45) is 10.3. The number of hydrogen-bond donors (Lipinski definition) is 0. The Bertz CT molecular complexity index is 1760. The third-order valence-corrected chi connectivity index (χ3v) is 11.9. The van der Waals surface area contributed by atoms with Gasteiger partial charge in [0.05, 0.1) is 13.1 Å². The van der Waals surface area contributed by atoms with E-state index in [1.54, 1.807) is 6.08 Å². The molecule has 0 bridgehead atoms. The maximum absolute atomic E-state index is 13.5. The lowest BCUT2D eigenvalue weighted by atomic mass is 9.85. The molecular weight excluding hydrogens is 605 g/mol. The summed E-state index contributed by atoms with van der Waals surface area (Å²) in [5, 5.41) is 0. The molecule has 0 saturated carbocycles. The lowest BCUT2D eigenvalue weighted by molar-refractivity contribution is -0.127. The molecule has 6 rings (SSSR count). The molecule has 0 N–H and O–H groups in total. The molecule has 6 heteroatoms. The first-order valence-electron chi connectivity index (χ1n) is 16.6. The van der Waals surface area contributed by atoms with Gasteiger partial charge < -0.3 is 9.80 Å². The first-order chi connectivity index (χ1) is 22.4. The number of nitrogens with zero attached hydrogens (tertiary/aromatic N) is 2. The summed E-state index contributed by atoms with van der Waals surface area (Å²) in [6, 6.07) is 21.9. The quantitative estimate of drug-likeness (QED) is 0.127. The first-order valence-corrected chi connectivity index (χ1v) is 18.2. The standard InChI is InChI=1S/C40H44N2O2S2/c1-5-14-29-21-33-36(32-19-13-11-16-28(32)4)24-42(26-38(33)45-29)40(44)20-9-7-8-17-30-22-34-35(31-18-12-10-15-27(31)3)23-41(39(43)6-2)25-37(34)46-30/h6,9-13,15-16,18-22,35-36H,2,5,7-8,14,17,23-26H2,1,3-4H3/b20-9+/t35-,36+/m0/s1. The molecule has 2 aromatic heterocycles. The zero-order chi connectivity index (χ0) is 32.2. The minimum absolute atomic E-state index is 0.00961. The number of rotatable bonds is 10. The summed E-state index contributed by atoms with van der Waals surface area (Å²) in [6.45, 7) is 13.0. The molecule has 2 amide bonds. The largest absolute Gasteiger partial charge is 0.333 e. The van der Waals surface area contributed by atoms with Gasteiger partial charge >= 0.3 is 0 Å². The van der Waals surface area contributed by atoms with E-state index < -0.39 is 0 Å². The average molecular weight is 649 g/mol. The van der Waals surface area contributed by atoms with E-state index in [1.165, 1.54) is 59.0 Å². The Balaban J connectivity index is 1.11. The summed E-state index contributed by atoms with van der Waals surface area (Å²) in [4.78, 5) is 35.5. The number of hydrogen-bond acceptors (Lipinski definition) is 4. The number of allylic oxidation sites excluding steroid dienone is 1. The first kappa shape index (κ1) is 32.2. The van der Waals surface area contributed by atoms with E-state index in [0.717, 1.165) is 38.6 Å². The zero-order valence-electron chi connectivity index (χ0n) is 27.3. The highest BCUT2D eigenvalue weighted by Crippen LogP contribution is 2.41. The van der Waals surface area contributed by atoms with Crippen molar-refractivity contribution in [2.75, 3.05) is 13.1 Å². The molecule has 0 radical (unpaired) electrons. The Morgan fingerprint density at radius 2 is 1.30 bits per heavy atom. The number of benzene rings is 2. The number of thiophene rings is 2. The van der Waals surface area contributed by atoms with Crippen molar-refractivity contribution < 1.29 is 9.59 Å². The Morgan fingerprint density at radius 1 is 0.783 bits per heavy atom. The van der Waals surface area contributed by atoms with Crippen molar-refractivity contribution in [3.05, 3.63) is 138 Å². The highest BCUT2D eigenvalue weighted by atomic mass is 32.1. The predicted octanol–water partition coefficient (Wildman–Crippen LogP) is 9.09. The fraction of sp³-hybridized carbons (Fsp3) is 0.350. The fourth-order valence-electron chi connectivity index (χ4n) is 7.08. The van der Waals surface area contributed by atoms with Crippen LogP contribution in [-0.2, 0) is 35.5 Å². The van der Waals surface area contributed by atoms with Crippen LogP contribution in [0.15, 0.2) is 85.5 Å². The van der Waals surface area contributed by atoms with E-state index in [0.29, 0.717) is 19.6 Å². The monoisotopic (exact) mass is 648 g/mol. The molecule has 0 fully saturated rings. The molecule has 238 valence electrons. The normalized spacial score (nSPS) is 17.6. The van der Waals surface area contributed by atoms with Crippen LogP contribution in [0.1, 0.15) is 90.9 Å². The number of carbonyl (C=O) groups is 2. The average Bonchev–Trinajstić information content (AvgIpc) is 3.67. The van der Waals surface area contributed by atoms with E-state index >= 15 is 0 Å². The van der Waals surface area contributed by atoms with Crippen molar-refractivity contribution in [2.45, 2.75) is 77.8 Å². The summed E-state index contributed by atoms with van der Waals surface area (Å²) < 4.78 is 0. The third kappa shape index (κ3) is 6.84. The molecule has 46 heavy (non-hydrogen) atoms. The Kier molecular flexibility index (Phi) is 10.1. The Morgan fingerprint density at radius 3 is 1.83 bits per heavy atom. The summed E-state index contributed by atoms with van der Waals surface area (Å²) in [5.41, 5.74) is 7.92. The van der Waals surface area contributed by atoms with E-state index in [9.17, 15) is 9.59 Å². The van der Waals surface area contributed by atoms with Gasteiger partial charge in [0.15, 0.2) is 0 Å². The maximum Gasteiger partial charge on any atom is 0.246 e. The predicted molar refractivity (Wildman–Crippen MR) is 192 cm³/mol. The molecule has 2 aliphatic rings. The summed E-state index contributed by atoms with van der Waals surface area (Å²) in [5.74, 6) is 0.487. The number of fused-ring (bicyclic) bond motifs is 2. The Labute approximate surface area is 282 Å². The summed E-state index contributed by atoms with van der Waals surface area (Å²) >= 11 is 3.72. The van der Waals surface area contributed by atoms with Crippen LogP contribution < -0.4 is 0 Å². The molecule has 4 heterocycles. The van der Waals surface area contributed by atoms with Gasteiger partial charge in [-0.2, -0.15) is 0 Å². The van der Waals surface area contributed by atoms with E-state index in [4.69, 9.17) is 0 Å². The van der Waals surface area contributed by atoms with E-state index in [1.807, 2.05) is 32.5 Å². The topological polar surface area (TPSA) is 40.6 Å². The van der Waals surface area contributed by atoms with Gasteiger partial charge in [0, 0.05) is 44.4 Å². The van der Waals surface area contributed by atoms with Gasteiger partial charge in [0.25, 0.3) is 0 Å². The van der Waals surface area contributed by atoms with E-state index in [-0.39, 0.29) is 23.7 Å². The molecule has 4 nitrogen and oxygen atoms in total. The van der Waals surface area contributed by atoms with Gasteiger partial charge in [-0.05, 0) is 97.2 Å². The second kappa shape index (κ2) is 14.4. The van der Waals surface area contributed by atoms with Crippen molar-refractivity contribution >= 4 is 34.5 Å². The van der Waals surface area contributed by atoms with Crippen molar-refractivity contribution in [1.29, 1.82) is 0 Å². The van der Waals surface area contributed by atoms with Gasteiger partial charge in [-0.1, -0.05) is 74.5 Å². The van der Waals surface area contributed by atoms with Gasteiger partial charge in [-0.15, -0.1) is 22.7 Å². The molecule has 2 atom stereocenters. The third-order valence-electron chi connectivity index (χ3n) is 9.49. The highest BCUT2D eigenvalue weighted by Gasteiger charge is 2.32. The Hall–Kier alpha value is -3.74. The lowest BCUT2D eigenvalue weighted by Gasteiger charge is -2.33. The molecule has 0 aliphatic carbocycles. The van der Waals surface area contributed by atoms with E-state index in [2.05, 4.69) is 94.1 Å². The van der Waals surface area contributed by atoms with Crippen LogP contribution in [-0.4, -0.2) is 34.7 Å². The number of unbranched alkanes of at least 4 members (excludes halogenated alkanes) is 1. The lowest BCUT2D eigenvalue weighted by Crippen LogP contribution is -2.37. The number of carbonyl (C=O) groups excluding carboxylic acids is 2. The molecule has 0 saturated heterocycles. The SMILES string of the molecule is C=CC(=O)N1Cc2sc(CCC/C=C/C(=O)N3Cc4sc(CCC)cc4[C@@H](c4ccccc4C)C3)cc2[C@H](c2ccccc2C)C1. The maximum atomic E-state index is 13.5. The van der Waals surface area contributed by atoms with Gasteiger partial charge in [0.2, 0.25) is 11.8 Å². The van der Waals surface area contributed by atoms with Gasteiger partial charge in [0.1, 0.15) is 0 Å². The highest BCUT2D eigenvalue weighted by molar-refractivity contribution is 7.12. The second-order valence-corrected chi connectivity index (χ2v) is 15.1. The van der Waals surface area contributed by atoms with Crippen LogP contribution in [0, 0.1) is 13.8 Å². The molecule has 4 aromatic rings. The van der Waals surface area contributed by atoms with Crippen LogP contribution in [0.25, 0.3) is 0 Å². The van der Waals surface area contributed by atoms with Crippen molar-refractivity contribution in [2.24, 2.45) is 0 Å². The van der Waals surface area contributed by atoms with Crippen LogP contribution in [0.3, 0.4) is 0 Å². The fourth-order valence-corrected chi connectivity index (χ4v) is 9.72. The van der Waals surface area contributed by atoms with Crippen LogP contribution >= 0.6 is 22.7 Å². The number of amides is 2. The molecule has 2 aliphatic heterocycles.